The highest BCUT2D eigenvalue weighted by molar-refractivity contribution is 5.95. The molecule has 0 bridgehead atoms. The van der Waals surface area contributed by atoms with E-state index in [0.29, 0.717) is 23.6 Å². The number of benzene rings is 1. The Labute approximate surface area is 148 Å². The first-order valence-corrected chi connectivity index (χ1v) is 8.46. The van der Waals surface area contributed by atoms with Crippen LogP contribution in [0.25, 0.3) is 0 Å². The minimum atomic E-state index is -0.630. The highest BCUT2D eigenvalue weighted by Gasteiger charge is 2.35. The number of ether oxygens (including phenoxy) is 2. The molecule has 2 amide bonds. The molecule has 0 aliphatic carbocycles. The van der Waals surface area contributed by atoms with Gasteiger partial charge in [-0.05, 0) is 40.2 Å². The van der Waals surface area contributed by atoms with Crippen molar-refractivity contribution in [3.8, 4) is 5.75 Å². The first-order chi connectivity index (χ1) is 11.7. The summed E-state index contributed by atoms with van der Waals surface area (Å²) in [6.07, 6.45) is 0.862. The van der Waals surface area contributed by atoms with E-state index in [4.69, 9.17) is 9.47 Å². The maximum Gasteiger partial charge on any atom is 0.338 e. The van der Waals surface area contributed by atoms with E-state index in [-0.39, 0.29) is 6.03 Å². The van der Waals surface area contributed by atoms with Crippen LogP contribution in [-0.2, 0) is 9.53 Å². The summed E-state index contributed by atoms with van der Waals surface area (Å²) in [4.78, 5) is 24.7. The van der Waals surface area contributed by atoms with Crippen LogP contribution in [0.5, 0.6) is 5.75 Å². The summed E-state index contributed by atoms with van der Waals surface area (Å²) in [6.45, 7) is 9.70. The third-order valence-corrected chi connectivity index (χ3v) is 3.58. The maximum absolute atomic E-state index is 12.7. The van der Waals surface area contributed by atoms with Crippen molar-refractivity contribution in [3.05, 3.63) is 41.1 Å². The monoisotopic (exact) mass is 346 g/mol. The molecule has 2 N–H and O–H groups in total. The minimum Gasteiger partial charge on any atom is -0.493 e. The molecule has 25 heavy (non-hydrogen) atoms. The van der Waals surface area contributed by atoms with E-state index in [0.717, 1.165) is 12.0 Å². The Balaban J connectivity index is 2.45. The molecule has 0 saturated carbocycles. The standard InChI is InChI=1S/C19H26N2O4/c1-6-11-24-14-10-8-7-9-13(14)16-15(12(2)20-18(23)21-16)17(22)25-19(3,4)5/h7-10,16H,6,11H2,1-5H3,(H2,20,21,23)/t16-/m0/s1. The number of nitrogens with one attached hydrogen (secondary N) is 2. The van der Waals surface area contributed by atoms with Gasteiger partial charge in [-0.3, -0.25) is 0 Å². The number of esters is 1. The van der Waals surface area contributed by atoms with Gasteiger partial charge < -0.3 is 20.1 Å². The Hall–Kier alpha value is -2.50. The Morgan fingerprint density at radius 2 is 1.92 bits per heavy atom. The largest absolute Gasteiger partial charge is 0.493 e. The lowest BCUT2D eigenvalue weighted by Crippen LogP contribution is -2.46. The Morgan fingerprint density at radius 3 is 2.56 bits per heavy atom. The quantitative estimate of drug-likeness (QED) is 0.801. The van der Waals surface area contributed by atoms with Gasteiger partial charge in [0.15, 0.2) is 0 Å². The van der Waals surface area contributed by atoms with Crippen molar-refractivity contribution in [2.45, 2.75) is 52.7 Å². The van der Waals surface area contributed by atoms with E-state index >= 15 is 0 Å². The molecular weight excluding hydrogens is 320 g/mol. The van der Waals surface area contributed by atoms with Gasteiger partial charge in [0.25, 0.3) is 0 Å². The molecule has 1 aliphatic heterocycles. The zero-order valence-corrected chi connectivity index (χ0v) is 15.4. The van der Waals surface area contributed by atoms with Gasteiger partial charge in [-0.2, -0.15) is 0 Å². The van der Waals surface area contributed by atoms with Crippen molar-refractivity contribution >= 4 is 12.0 Å². The van der Waals surface area contributed by atoms with Crippen LogP contribution in [0.4, 0.5) is 4.79 Å². The summed E-state index contributed by atoms with van der Waals surface area (Å²) < 4.78 is 11.3. The molecule has 0 fully saturated rings. The molecule has 0 saturated heterocycles. The molecule has 136 valence electrons. The van der Waals surface area contributed by atoms with Crippen LogP contribution >= 0.6 is 0 Å². The van der Waals surface area contributed by atoms with Crippen LogP contribution in [0.2, 0.25) is 0 Å². The predicted molar refractivity (Wildman–Crippen MR) is 95.2 cm³/mol. The zero-order valence-electron chi connectivity index (χ0n) is 15.4. The topological polar surface area (TPSA) is 76.7 Å². The van der Waals surface area contributed by atoms with E-state index in [1.807, 2.05) is 52.0 Å². The van der Waals surface area contributed by atoms with Crippen molar-refractivity contribution in [3.63, 3.8) is 0 Å². The zero-order chi connectivity index (χ0) is 18.6. The minimum absolute atomic E-state index is 0.361. The van der Waals surface area contributed by atoms with Gasteiger partial charge >= 0.3 is 12.0 Å². The number of para-hydroxylation sites is 1. The number of hydrogen-bond donors (Lipinski definition) is 2. The number of rotatable bonds is 5. The second-order valence-corrected chi connectivity index (χ2v) is 6.96. The summed E-state index contributed by atoms with van der Waals surface area (Å²) >= 11 is 0. The lowest BCUT2D eigenvalue weighted by Gasteiger charge is -2.31. The smallest absolute Gasteiger partial charge is 0.338 e. The van der Waals surface area contributed by atoms with E-state index in [1.54, 1.807) is 6.92 Å². The van der Waals surface area contributed by atoms with Gasteiger partial charge in [0.1, 0.15) is 11.4 Å². The van der Waals surface area contributed by atoms with E-state index < -0.39 is 17.6 Å². The van der Waals surface area contributed by atoms with Crippen molar-refractivity contribution in [1.82, 2.24) is 10.6 Å². The maximum atomic E-state index is 12.7. The Morgan fingerprint density at radius 1 is 1.24 bits per heavy atom. The van der Waals surface area contributed by atoms with Crippen molar-refractivity contribution in [1.29, 1.82) is 0 Å². The van der Waals surface area contributed by atoms with Gasteiger partial charge in [0.2, 0.25) is 0 Å². The number of amides is 2. The van der Waals surface area contributed by atoms with Crippen LogP contribution in [-0.4, -0.2) is 24.2 Å². The van der Waals surface area contributed by atoms with Crippen LogP contribution in [0.3, 0.4) is 0 Å². The van der Waals surface area contributed by atoms with Gasteiger partial charge in [-0.25, -0.2) is 9.59 Å². The molecule has 1 aromatic carbocycles. The third-order valence-electron chi connectivity index (χ3n) is 3.58. The lowest BCUT2D eigenvalue weighted by molar-refractivity contribution is -0.150. The molecule has 0 unspecified atom stereocenters. The van der Waals surface area contributed by atoms with Crippen LogP contribution in [0, 0.1) is 0 Å². The molecule has 1 heterocycles. The number of hydrogen-bond acceptors (Lipinski definition) is 4. The summed E-state index contributed by atoms with van der Waals surface area (Å²) in [5.41, 5.74) is 0.954. The van der Waals surface area contributed by atoms with Crippen LogP contribution < -0.4 is 15.4 Å². The summed E-state index contributed by atoms with van der Waals surface area (Å²) in [7, 11) is 0. The molecule has 1 aromatic rings. The molecule has 6 heteroatoms. The van der Waals surface area contributed by atoms with E-state index in [1.165, 1.54) is 0 Å². The number of allylic oxidation sites excluding steroid dienone is 1. The number of carbonyl (C=O) groups excluding carboxylic acids is 2. The average Bonchev–Trinajstić information content (AvgIpc) is 2.50. The summed E-state index contributed by atoms with van der Waals surface area (Å²) in [6, 6.07) is 6.41. The molecule has 0 spiro atoms. The SMILES string of the molecule is CCCOc1ccccc1[C@@H]1NC(=O)NC(C)=C1C(=O)OC(C)(C)C. The third kappa shape index (κ3) is 4.75. The normalized spacial score (nSPS) is 17.6. The number of carbonyl (C=O) groups is 2. The van der Waals surface area contributed by atoms with Gasteiger partial charge in [-0.1, -0.05) is 25.1 Å². The first-order valence-electron chi connectivity index (χ1n) is 8.46. The van der Waals surface area contributed by atoms with E-state index in [2.05, 4.69) is 10.6 Å². The first kappa shape index (κ1) is 18.8. The molecule has 2 rings (SSSR count). The molecule has 6 nitrogen and oxygen atoms in total. The highest BCUT2D eigenvalue weighted by atomic mass is 16.6. The highest BCUT2D eigenvalue weighted by Crippen LogP contribution is 2.34. The Kier molecular flexibility index (Phi) is 5.72. The second kappa shape index (κ2) is 7.59. The van der Waals surface area contributed by atoms with Crippen molar-refractivity contribution in [2.75, 3.05) is 6.61 Å². The van der Waals surface area contributed by atoms with E-state index in [9.17, 15) is 9.59 Å². The molecular formula is C19H26N2O4. The average molecular weight is 346 g/mol. The second-order valence-electron chi connectivity index (χ2n) is 6.96. The molecule has 1 atom stereocenters. The lowest BCUT2D eigenvalue weighted by atomic mass is 9.94. The van der Waals surface area contributed by atoms with Crippen LogP contribution in [0.15, 0.2) is 35.5 Å². The summed E-state index contributed by atoms with van der Waals surface area (Å²) in [5.74, 6) is 0.179. The van der Waals surface area contributed by atoms with Crippen LogP contribution in [0.1, 0.15) is 52.6 Å². The summed E-state index contributed by atoms with van der Waals surface area (Å²) in [5, 5.41) is 5.45. The fourth-order valence-corrected chi connectivity index (χ4v) is 2.59. The molecule has 1 aliphatic rings. The molecule has 0 aromatic heterocycles. The fourth-order valence-electron chi connectivity index (χ4n) is 2.59. The molecule has 0 radical (unpaired) electrons. The van der Waals surface area contributed by atoms with Crippen molar-refractivity contribution in [2.24, 2.45) is 0 Å². The Bertz CT molecular complexity index is 689. The van der Waals surface area contributed by atoms with Gasteiger partial charge in [0.05, 0.1) is 18.2 Å². The fraction of sp³-hybridized carbons (Fsp3) is 0.474. The van der Waals surface area contributed by atoms with Gasteiger partial charge in [0, 0.05) is 11.3 Å². The van der Waals surface area contributed by atoms with Crippen molar-refractivity contribution < 1.29 is 19.1 Å². The van der Waals surface area contributed by atoms with Gasteiger partial charge in [-0.15, -0.1) is 0 Å². The number of urea groups is 1. The predicted octanol–water partition coefficient (Wildman–Crippen LogP) is 3.45.